The van der Waals surface area contributed by atoms with Crippen LogP contribution < -0.4 is 26.0 Å². The van der Waals surface area contributed by atoms with Gasteiger partial charge in [0.25, 0.3) is 5.56 Å². The van der Waals surface area contributed by atoms with E-state index in [1.165, 1.54) is 15.9 Å². The maximum atomic E-state index is 13.2. The molecule has 2 aromatic heterocycles. The molecule has 0 aliphatic carbocycles. The van der Waals surface area contributed by atoms with E-state index in [0.29, 0.717) is 45.4 Å². The van der Waals surface area contributed by atoms with Crippen LogP contribution in [0.3, 0.4) is 0 Å². The Hall–Kier alpha value is -3.56. The second-order valence-electron chi connectivity index (χ2n) is 7.41. The summed E-state index contributed by atoms with van der Waals surface area (Å²) in [6.07, 6.45) is 0.569. The lowest BCUT2D eigenvalue weighted by Crippen LogP contribution is -2.41. The van der Waals surface area contributed by atoms with Crippen LogP contribution in [0.1, 0.15) is 5.56 Å². The number of rotatable bonds is 8. The zero-order valence-electron chi connectivity index (χ0n) is 18.5. The summed E-state index contributed by atoms with van der Waals surface area (Å²) < 4.78 is 13.3. The molecule has 2 heterocycles. The van der Waals surface area contributed by atoms with Crippen LogP contribution in [-0.2, 0) is 17.8 Å². The van der Waals surface area contributed by atoms with Crippen LogP contribution in [0.15, 0.2) is 63.5 Å². The van der Waals surface area contributed by atoms with E-state index in [2.05, 4.69) is 5.32 Å². The van der Waals surface area contributed by atoms with Gasteiger partial charge in [-0.05, 0) is 59.8 Å². The van der Waals surface area contributed by atoms with Gasteiger partial charge < -0.3 is 14.8 Å². The van der Waals surface area contributed by atoms with Crippen molar-refractivity contribution in [1.82, 2.24) is 14.5 Å². The van der Waals surface area contributed by atoms with E-state index in [4.69, 9.17) is 21.1 Å². The summed E-state index contributed by atoms with van der Waals surface area (Å²) in [4.78, 5) is 38.9. The molecule has 1 N–H and O–H groups in total. The fraction of sp³-hybridized carbons (Fsp3) is 0.208. The third-order valence-corrected chi connectivity index (χ3v) is 6.47. The number of ether oxygens (including phenoxy) is 2. The highest BCUT2D eigenvalue weighted by Gasteiger charge is 2.17. The number of carbonyl (C=O) groups is 1. The molecule has 0 spiro atoms. The van der Waals surface area contributed by atoms with Crippen molar-refractivity contribution in [1.29, 1.82) is 0 Å². The first-order valence-electron chi connectivity index (χ1n) is 10.4. The highest BCUT2D eigenvalue weighted by Crippen LogP contribution is 2.27. The zero-order valence-corrected chi connectivity index (χ0v) is 20.1. The van der Waals surface area contributed by atoms with E-state index in [-0.39, 0.29) is 12.5 Å². The third-order valence-electron chi connectivity index (χ3n) is 5.33. The fourth-order valence-electron chi connectivity index (χ4n) is 3.64. The molecular formula is C24H22ClN3O5S. The van der Waals surface area contributed by atoms with Crippen molar-refractivity contribution in [3.05, 3.63) is 85.3 Å². The Bertz CT molecular complexity index is 1460. The lowest BCUT2D eigenvalue weighted by atomic mass is 10.1. The number of fused-ring (bicyclic) bond motifs is 1. The van der Waals surface area contributed by atoms with Gasteiger partial charge in [-0.1, -0.05) is 17.7 Å². The Morgan fingerprint density at radius 2 is 1.76 bits per heavy atom. The summed E-state index contributed by atoms with van der Waals surface area (Å²) in [5.74, 6) is 0.906. The minimum atomic E-state index is -0.590. The molecule has 8 nitrogen and oxygen atoms in total. The number of benzene rings is 2. The highest BCUT2D eigenvalue weighted by molar-refractivity contribution is 7.17. The van der Waals surface area contributed by atoms with Gasteiger partial charge in [-0.3, -0.25) is 14.2 Å². The van der Waals surface area contributed by atoms with E-state index in [0.717, 1.165) is 10.1 Å². The molecule has 0 radical (unpaired) electrons. The van der Waals surface area contributed by atoms with E-state index < -0.39 is 11.2 Å². The molecular weight excluding hydrogens is 478 g/mol. The molecule has 0 saturated carbocycles. The molecule has 34 heavy (non-hydrogen) atoms. The maximum Gasteiger partial charge on any atom is 0.336 e. The van der Waals surface area contributed by atoms with Crippen LogP contribution in [-0.4, -0.2) is 35.8 Å². The van der Waals surface area contributed by atoms with E-state index in [9.17, 15) is 14.4 Å². The van der Waals surface area contributed by atoms with Crippen molar-refractivity contribution in [2.24, 2.45) is 0 Å². The number of aromatic nitrogens is 2. The third kappa shape index (κ3) is 4.71. The summed E-state index contributed by atoms with van der Waals surface area (Å²) in [7, 11) is 3.13. The summed E-state index contributed by atoms with van der Waals surface area (Å²) >= 11 is 7.17. The van der Waals surface area contributed by atoms with Gasteiger partial charge in [0.05, 0.1) is 25.4 Å². The standard InChI is InChI=1S/C24H22ClN3O5S/c1-32-19-8-3-15(13-20(19)33-2)9-11-26-21(29)14-27-18-10-12-34-22(18)23(30)28(24(27)31)17-6-4-16(25)5-7-17/h3-8,10,12-13H,9,11,14H2,1-2H3,(H,26,29). The van der Waals surface area contributed by atoms with Crippen molar-refractivity contribution in [3.8, 4) is 17.2 Å². The van der Waals surface area contributed by atoms with Crippen molar-refractivity contribution in [3.63, 3.8) is 0 Å². The first-order chi connectivity index (χ1) is 16.4. The SMILES string of the molecule is COc1ccc(CCNC(=O)Cn2c(=O)n(-c3ccc(Cl)cc3)c(=O)c3sccc32)cc1OC. The minimum absolute atomic E-state index is 0.216. The van der Waals surface area contributed by atoms with Gasteiger partial charge in [0, 0.05) is 11.6 Å². The molecule has 2 aromatic carbocycles. The van der Waals surface area contributed by atoms with Crippen LogP contribution >= 0.6 is 22.9 Å². The zero-order chi connectivity index (χ0) is 24.2. The van der Waals surface area contributed by atoms with Crippen LogP contribution in [0.5, 0.6) is 11.5 Å². The van der Waals surface area contributed by atoms with E-state index in [1.807, 2.05) is 18.2 Å². The normalized spacial score (nSPS) is 10.9. The Kier molecular flexibility index (Phi) is 7.04. The van der Waals surface area contributed by atoms with Gasteiger partial charge in [0.15, 0.2) is 11.5 Å². The summed E-state index contributed by atoms with van der Waals surface area (Å²) in [5.41, 5.74) is 0.764. The smallest absolute Gasteiger partial charge is 0.336 e. The average Bonchev–Trinajstić information content (AvgIpc) is 3.33. The van der Waals surface area contributed by atoms with Gasteiger partial charge in [-0.25, -0.2) is 9.36 Å². The Labute approximate surface area is 203 Å². The minimum Gasteiger partial charge on any atom is -0.493 e. The molecule has 4 rings (SSSR count). The number of thiophene rings is 1. The molecule has 0 atom stereocenters. The molecule has 176 valence electrons. The van der Waals surface area contributed by atoms with Crippen molar-refractivity contribution < 1.29 is 14.3 Å². The molecule has 0 bridgehead atoms. The second kappa shape index (κ2) is 10.1. The van der Waals surface area contributed by atoms with E-state index >= 15 is 0 Å². The van der Waals surface area contributed by atoms with Crippen LogP contribution in [0.4, 0.5) is 0 Å². The first-order valence-corrected chi connectivity index (χ1v) is 11.6. The second-order valence-corrected chi connectivity index (χ2v) is 8.76. The molecule has 0 aliphatic heterocycles. The van der Waals surface area contributed by atoms with Gasteiger partial charge in [0.2, 0.25) is 5.91 Å². The topological polar surface area (TPSA) is 91.6 Å². The number of hydrogen-bond acceptors (Lipinski definition) is 6. The maximum absolute atomic E-state index is 13.2. The average molecular weight is 500 g/mol. The number of nitrogens with zero attached hydrogens (tertiary/aromatic N) is 2. The molecule has 1 amide bonds. The predicted molar refractivity (Wildman–Crippen MR) is 133 cm³/mol. The predicted octanol–water partition coefficient (Wildman–Crippen LogP) is 3.24. The molecule has 0 aliphatic rings. The summed E-state index contributed by atoms with van der Waals surface area (Å²) in [5, 5.41) is 5.05. The van der Waals surface area contributed by atoms with Crippen LogP contribution in [0.25, 0.3) is 15.9 Å². The van der Waals surface area contributed by atoms with Crippen molar-refractivity contribution >= 4 is 39.1 Å². The number of methoxy groups -OCH3 is 2. The number of carbonyl (C=O) groups excluding carboxylic acids is 1. The molecule has 10 heteroatoms. The monoisotopic (exact) mass is 499 g/mol. The van der Waals surface area contributed by atoms with Crippen molar-refractivity contribution in [2.45, 2.75) is 13.0 Å². The fourth-order valence-corrected chi connectivity index (χ4v) is 4.59. The number of nitrogens with one attached hydrogen (secondary N) is 1. The molecule has 4 aromatic rings. The quantitative estimate of drug-likeness (QED) is 0.402. The summed E-state index contributed by atoms with van der Waals surface area (Å²) in [6.45, 7) is 0.151. The first kappa shape index (κ1) is 23.6. The largest absolute Gasteiger partial charge is 0.493 e. The van der Waals surface area contributed by atoms with Crippen molar-refractivity contribution in [2.75, 3.05) is 20.8 Å². The Morgan fingerprint density at radius 1 is 1.03 bits per heavy atom. The summed E-state index contributed by atoms with van der Waals surface area (Å²) in [6, 6.07) is 13.6. The number of halogens is 1. The lowest BCUT2D eigenvalue weighted by Gasteiger charge is -2.13. The molecule has 0 saturated heterocycles. The molecule has 0 unspecified atom stereocenters. The van der Waals surface area contributed by atoms with Crippen LogP contribution in [0.2, 0.25) is 5.02 Å². The van der Waals surface area contributed by atoms with E-state index in [1.54, 1.807) is 49.9 Å². The Balaban J connectivity index is 1.54. The highest BCUT2D eigenvalue weighted by atomic mass is 35.5. The number of amides is 1. The van der Waals surface area contributed by atoms with Gasteiger partial charge >= 0.3 is 5.69 Å². The number of hydrogen-bond donors (Lipinski definition) is 1. The molecule has 0 fully saturated rings. The van der Waals surface area contributed by atoms with Gasteiger partial charge in [-0.15, -0.1) is 11.3 Å². The van der Waals surface area contributed by atoms with Gasteiger partial charge in [-0.2, -0.15) is 0 Å². The lowest BCUT2D eigenvalue weighted by molar-refractivity contribution is -0.121. The van der Waals surface area contributed by atoms with Crippen LogP contribution in [0, 0.1) is 0 Å². The van der Waals surface area contributed by atoms with Gasteiger partial charge in [0.1, 0.15) is 11.2 Å². The Morgan fingerprint density at radius 3 is 2.47 bits per heavy atom.